The number of carbonyl (C=O) groups is 1. The van der Waals surface area contributed by atoms with Crippen LogP contribution in [0.5, 0.6) is 5.75 Å². The molecule has 1 atom stereocenters. The van der Waals surface area contributed by atoms with Crippen molar-refractivity contribution in [3.63, 3.8) is 0 Å². The van der Waals surface area contributed by atoms with E-state index in [-0.39, 0.29) is 18.2 Å². The molecule has 1 unspecified atom stereocenters. The van der Waals surface area contributed by atoms with Gasteiger partial charge in [-0.1, -0.05) is 0 Å². The van der Waals surface area contributed by atoms with Crippen LogP contribution in [-0.4, -0.2) is 42.0 Å². The second-order valence-corrected chi connectivity index (χ2v) is 5.44. The highest BCUT2D eigenvalue weighted by atomic mass is 79.9. The van der Waals surface area contributed by atoms with Gasteiger partial charge < -0.3 is 20.3 Å². The van der Waals surface area contributed by atoms with Crippen LogP contribution in [0.2, 0.25) is 0 Å². The van der Waals surface area contributed by atoms with Gasteiger partial charge in [-0.3, -0.25) is 4.79 Å². The van der Waals surface area contributed by atoms with Crippen molar-refractivity contribution in [2.75, 3.05) is 20.3 Å². The summed E-state index contributed by atoms with van der Waals surface area (Å²) >= 11 is 3.14. The van der Waals surface area contributed by atoms with Gasteiger partial charge in [0.15, 0.2) is 0 Å². The number of halogens is 1. The first-order chi connectivity index (χ1) is 8.85. The van der Waals surface area contributed by atoms with E-state index in [9.17, 15) is 15.0 Å². The molecule has 0 aromatic heterocycles. The fourth-order valence-electron chi connectivity index (χ4n) is 1.44. The molecule has 0 saturated carbocycles. The summed E-state index contributed by atoms with van der Waals surface area (Å²) in [7, 11) is 1.55. The number of aromatic hydroxyl groups is 1. The van der Waals surface area contributed by atoms with Crippen molar-refractivity contribution in [2.45, 2.75) is 18.9 Å². The Labute approximate surface area is 120 Å². The SMILES string of the molecule is COCCC(C)(O)CNC(=O)c1ccc(Br)c(O)c1. The van der Waals surface area contributed by atoms with Crippen molar-refractivity contribution >= 4 is 21.8 Å². The van der Waals surface area contributed by atoms with E-state index in [4.69, 9.17) is 4.74 Å². The minimum Gasteiger partial charge on any atom is -0.507 e. The van der Waals surface area contributed by atoms with E-state index in [1.165, 1.54) is 6.07 Å². The molecular weight excluding hydrogens is 314 g/mol. The summed E-state index contributed by atoms with van der Waals surface area (Å²) < 4.78 is 5.41. The first kappa shape index (κ1) is 15.9. The lowest BCUT2D eigenvalue weighted by atomic mass is 10.0. The highest BCUT2D eigenvalue weighted by Crippen LogP contribution is 2.24. The van der Waals surface area contributed by atoms with Crippen molar-refractivity contribution in [2.24, 2.45) is 0 Å². The topological polar surface area (TPSA) is 78.8 Å². The molecule has 106 valence electrons. The van der Waals surface area contributed by atoms with Gasteiger partial charge in [-0.25, -0.2) is 0 Å². The number of phenols is 1. The molecule has 5 nitrogen and oxygen atoms in total. The van der Waals surface area contributed by atoms with Crippen molar-refractivity contribution in [3.8, 4) is 5.75 Å². The van der Waals surface area contributed by atoms with Gasteiger partial charge in [0, 0.05) is 32.2 Å². The largest absolute Gasteiger partial charge is 0.507 e. The molecule has 0 radical (unpaired) electrons. The number of carbonyl (C=O) groups excluding carboxylic acids is 1. The van der Waals surface area contributed by atoms with Crippen LogP contribution in [-0.2, 0) is 4.74 Å². The number of ether oxygens (including phenoxy) is 1. The van der Waals surface area contributed by atoms with Crippen LogP contribution >= 0.6 is 15.9 Å². The lowest BCUT2D eigenvalue weighted by Gasteiger charge is -2.23. The van der Waals surface area contributed by atoms with Gasteiger partial charge in [0.25, 0.3) is 5.91 Å². The van der Waals surface area contributed by atoms with Crippen LogP contribution < -0.4 is 5.32 Å². The molecule has 0 saturated heterocycles. The Morgan fingerprint density at radius 3 is 2.79 bits per heavy atom. The highest BCUT2D eigenvalue weighted by molar-refractivity contribution is 9.10. The average Bonchev–Trinajstić information content (AvgIpc) is 2.37. The molecule has 0 aliphatic carbocycles. The van der Waals surface area contributed by atoms with Gasteiger partial charge in [0.2, 0.25) is 0 Å². The van der Waals surface area contributed by atoms with Crippen LogP contribution in [0.15, 0.2) is 22.7 Å². The monoisotopic (exact) mass is 331 g/mol. The minimum atomic E-state index is -1.02. The van der Waals surface area contributed by atoms with Crippen molar-refractivity contribution in [3.05, 3.63) is 28.2 Å². The molecule has 1 aromatic carbocycles. The first-order valence-corrected chi connectivity index (χ1v) is 6.63. The maximum atomic E-state index is 11.8. The minimum absolute atomic E-state index is 0.00112. The van der Waals surface area contributed by atoms with Crippen LogP contribution in [0.3, 0.4) is 0 Å². The first-order valence-electron chi connectivity index (χ1n) is 5.84. The molecule has 19 heavy (non-hydrogen) atoms. The molecule has 6 heteroatoms. The number of amides is 1. The normalized spacial score (nSPS) is 13.9. The Hall–Kier alpha value is -1.11. The fraction of sp³-hybridized carbons (Fsp3) is 0.462. The van der Waals surface area contributed by atoms with E-state index >= 15 is 0 Å². The molecular formula is C13H18BrNO4. The van der Waals surface area contributed by atoms with Crippen LogP contribution in [0.4, 0.5) is 0 Å². The zero-order chi connectivity index (χ0) is 14.5. The molecule has 3 N–H and O–H groups in total. The summed E-state index contributed by atoms with van der Waals surface area (Å²) in [6, 6.07) is 4.54. The van der Waals surface area contributed by atoms with E-state index < -0.39 is 5.60 Å². The number of benzene rings is 1. The summed E-state index contributed by atoms with van der Waals surface area (Å²) in [5.74, 6) is -0.348. The second-order valence-electron chi connectivity index (χ2n) is 4.59. The van der Waals surface area contributed by atoms with Gasteiger partial charge in [-0.15, -0.1) is 0 Å². The Kier molecular flexibility index (Phi) is 5.78. The number of methoxy groups -OCH3 is 1. The predicted molar refractivity (Wildman–Crippen MR) is 75.3 cm³/mol. The number of nitrogens with one attached hydrogen (secondary N) is 1. The van der Waals surface area contributed by atoms with E-state index in [1.54, 1.807) is 26.2 Å². The number of rotatable bonds is 6. The smallest absolute Gasteiger partial charge is 0.251 e. The Morgan fingerprint density at radius 2 is 2.21 bits per heavy atom. The second kappa shape index (κ2) is 6.88. The lowest BCUT2D eigenvalue weighted by molar-refractivity contribution is 0.0243. The molecule has 1 rings (SSSR count). The predicted octanol–water partition coefficient (Wildman–Crippen LogP) is 1.67. The van der Waals surface area contributed by atoms with Crippen molar-refractivity contribution < 1.29 is 19.7 Å². The maximum absolute atomic E-state index is 11.8. The third-order valence-corrected chi connectivity index (χ3v) is 3.35. The summed E-state index contributed by atoms with van der Waals surface area (Å²) in [6.45, 7) is 2.17. The third kappa shape index (κ3) is 5.18. The van der Waals surface area contributed by atoms with Gasteiger partial charge in [-0.2, -0.15) is 0 Å². The van der Waals surface area contributed by atoms with Gasteiger partial charge >= 0.3 is 0 Å². The zero-order valence-electron chi connectivity index (χ0n) is 10.9. The standard InChI is InChI=1S/C13H18BrNO4/c1-13(18,5-6-19-2)8-15-12(17)9-3-4-10(14)11(16)7-9/h3-4,7,16,18H,5-6,8H2,1-2H3,(H,15,17). The van der Waals surface area contributed by atoms with Crippen molar-refractivity contribution in [1.29, 1.82) is 0 Å². The number of hydrogen-bond acceptors (Lipinski definition) is 4. The van der Waals surface area contributed by atoms with Crippen molar-refractivity contribution in [1.82, 2.24) is 5.32 Å². The fourth-order valence-corrected chi connectivity index (χ4v) is 1.68. The van der Waals surface area contributed by atoms with E-state index in [0.29, 0.717) is 23.1 Å². The number of hydrogen-bond donors (Lipinski definition) is 3. The van der Waals surface area contributed by atoms with Crippen LogP contribution in [0.1, 0.15) is 23.7 Å². The maximum Gasteiger partial charge on any atom is 0.251 e. The molecule has 0 heterocycles. The lowest BCUT2D eigenvalue weighted by Crippen LogP contribution is -2.41. The van der Waals surface area contributed by atoms with E-state index in [1.807, 2.05) is 0 Å². The number of phenolic OH excluding ortho intramolecular Hbond substituents is 1. The van der Waals surface area contributed by atoms with E-state index in [0.717, 1.165) is 0 Å². The van der Waals surface area contributed by atoms with E-state index in [2.05, 4.69) is 21.2 Å². The Bertz CT molecular complexity index is 448. The molecule has 0 spiro atoms. The average molecular weight is 332 g/mol. The molecule has 0 aliphatic rings. The van der Waals surface area contributed by atoms with Crippen LogP contribution in [0, 0.1) is 0 Å². The molecule has 0 bridgehead atoms. The van der Waals surface area contributed by atoms with Gasteiger partial charge in [-0.05, 0) is 41.1 Å². The van der Waals surface area contributed by atoms with Gasteiger partial charge in [0.05, 0.1) is 10.1 Å². The summed E-state index contributed by atoms with van der Waals surface area (Å²) in [5.41, 5.74) is -0.688. The number of aliphatic hydroxyl groups is 1. The Balaban J connectivity index is 2.57. The molecule has 1 aromatic rings. The molecule has 1 amide bonds. The Morgan fingerprint density at radius 1 is 1.53 bits per heavy atom. The zero-order valence-corrected chi connectivity index (χ0v) is 12.5. The van der Waals surface area contributed by atoms with Crippen LogP contribution in [0.25, 0.3) is 0 Å². The summed E-state index contributed by atoms with van der Waals surface area (Å²) in [5, 5.41) is 22.1. The summed E-state index contributed by atoms with van der Waals surface area (Å²) in [6.07, 6.45) is 0.426. The highest BCUT2D eigenvalue weighted by Gasteiger charge is 2.21. The third-order valence-electron chi connectivity index (χ3n) is 2.68. The quantitative estimate of drug-likeness (QED) is 0.740. The molecule has 0 aliphatic heterocycles. The summed E-state index contributed by atoms with van der Waals surface area (Å²) in [4.78, 5) is 11.8. The van der Waals surface area contributed by atoms with Gasteiger partial charge in [0.1, 0.15) is 5.75 Å². The molecule has 0 fully saturated rings.